The molecule has 0 aliphatic carbocycles. The number of rotatable bonds is 1. The smallest absolute Gasteiger partial charge is 0.267 e. The van der Waals surface area contributed by atoms with Crippen LogP contribution in [-0.2, 0) is 4.79 Å². The summed E-state index contributed by atoms with van der Waals surface area (Å²) in [7, 11) is 0. The molecule has 0 radical (unpaired) electrons. The molecule has 2 rings (SSSR count). The first-order valence-corrected chi connectivity index (χ1v) is 4.84. The van der Waals surface area contributed by atoms with E-state index < -0.39 is 6.43 Å². The minimum Gasteiger partial charge on any atom is -0.305 e. The van der Waals surface area contributed by atoms with Crippen molar-refractivity contribution in [1.82, 2.24) is 9.38 Å². The fraction of sp³-hybridized carbons (Fsp3) is 0.167. The van der Waals surface area contributed by atoms with Crippen LogP contribution in [0.25, 0.3) is 5.65 Å². The molecule has 88 valence electrons. The molecule has 2 aromatic heterocycles. The van der Waals surface area contributed by atoms with Gasteiger partial charge in [0, 0.05) is 19.4 Å². The molecule has 0 bridgehead atoms. The van der Waals surface area contributed by atoms with E-state index in [2.05, 4.69) is 16.8 Å². The van der Waals surface area contributed by atoms with Crippen molar-refractivity contribution in [3.63, 3.8) is 0 Å². The van der Waals surface area contributed by atoms with E-state index >= 15 is 0 Å². The normalized spacial score (nSPS) is 10.4. The molecule has 2 heterocycles. The lowest BCUT2D eigenvalue weighted by atomic mass is 10.2. The molecule has 0 amide bonds. The lowest BCUT2D eigenvalue weighted by molar-refractivity contribution is -0.103. The van der Waals surface area contributed by atoms with Crippen molar-refractivity contribution in [2.75, 3.05) is 0 Å². The Kier molecular flexibility index (Phi) is 2.88. The summed E-state index contributed by atoms with van der Waals surface area (Å²) in [5.41, 5.74) is 1.04. The molecule has 0 aliphatic rings. The van der Waals surface area contributed by atoms with Crippen LogP contribution in [0.4, 0.5) is 8.78 Å². The second-order valence-electron chi connectivity index (χ2n) is 3.49. The number of aldehydes is 1. The number of hydrogen-bond acceptors (Lipinski definition) is 2. The van der Waals surface area contributed by atoms with Gasteiger partial charge in [-0.25, -0.2) is 13.8 Å². The van der Waals surface area contributed by atoms with E-state index in [1.807, 2.05) is 0 Å². The average molecular weight is 236 g/mol. The number of carbonyl (C=O) groups is 1. The fourth-order valence-corrected chi connectivity index (χ4v) is 1.59. The summed E-state index contributed by atoms with van der Waals surface area (Å²) in [6, 6.07) is 1.25. The van der Waals surface area contributed by atoms with Gasteiger partial charge in [0.15, 0.2) is 6.29 Å². The number of aryl methyl sites for hydroxylation is 1. The quantitative estimate of drug-likeness (QED) is 0.562. The standard InChI is InChI=1S/C12H8F2N2O.H2/c1-8-6-16-7-9(3-2-4-17)5-10(11(13)14)12(16)15-8;/h4-7,11H,1H3;1H. The van der Waals surface area contributed by atoms with Crippen molar-refractivity contribution in [1.29, 1.82) is 0 Å². The van der Waals surface area contributed by atoms with Crippen molar-refractivity contribution < 1.29 is 15.0 Å². The van der Waals surface area contributed by atoms with Gasteiger partial charge in [-0.05, 0) is 18.9 Å². The van der Waals surface area contributed by atoms with E-state index in [4.69, 9.17) is 0 Å². The summed E-state index contributed by atoms with van der Waals surface area (Å²) >= 11 is 0. The molecule has 17 heavy (non-hydrogen) atoms. The maximum absolute atomic E-state index is 12.8. The number of alkyl halides is 2. The topological polar surface area (TPSA) is 34.4 Å². The van der Waals surface area contributed by atoms with Gasteiger partial charge in [-0.2, -0.15) is 0 Å². The average Bonchev–Trinajstić information content (AvgIpc) is 2.64. The lowest BCUT2D eigenvalue weighted by Crippen LogP contribution is -1.94. The summed E-state index contributed by atoms with van der Waals surface area (Å²) in [6.45, 7) is 1.72. The zero-order valence-electron chi connectivity index (χ0n) is 8.95. The van der Waals surface area contributed by atoms with E-state index in [0.29, 0.717) is 17.5 Å². The Morgan fingerprint density at radius 3 is 2.94 bits per heavy atom. The third kappa shape index (κ3) is 2.16. The van der Waals surface area contributed by atoms with Crippen LogP contribution in [0.2, 0.25) is 0 Å². The number of fused-ring (bicyclic) bond motifs is 1. The van der Waals surface area contributed by atoms with Gasteiger partial charge in [0.05, 0.1) is 11.3 Å². The zero-order chi connectivity index (χ0) is 12.4. The van der Waals surface area contributed by atoms with Gasteiger partial charge in [-0.15, -0.1) is 0 Å². The molecule has 0 aromatic carbocycles. The van der Waals surface area contributed by atoms with E-state index in [1.54, 1.807) is 19.3 Å². The van der Waals surface area contributed by atoms with Crippen LogP contribution in [0.15, 0.2) is 18.5 Å². The van der Waals surface area contributed by atoms with Gasteiger partial charge < -0.3 is 4.40 Å². The fourth-order valence-electron chi connectivity index (χ4n) is 1.59. The Labute approximate surface area is 97.6 Å². The van der Waals surface area contributed by atoms with Crippen LogP contribution < -0.4 is 0 Å². The van der Waals surface area contributed by atoms with Gasteiger partial charge in [-0.1, -0.05) is 5.92 Å². The summed E-state index contributed by atoms with van der Waals surface area (Å²) in [5, 5.41) is 0. The predicted octanol–water partition coefficient (Wildman–Crippen LogP) is 2.38. The van der Waals surface area contributed by atoms with E-state index in [0.717, 1.165) is 0 Å². The third-order valence-corrected chi connectivity index (χ3v) is 2.21. The first-order chi connectivity index (χ1) is 8.11. The number of aromatic nitrogens is 2. The van der Waals surface area contributed by atoms with Gasteiger partial charge in [0.25, 0.3) is 6.43 Å². The Balaban J connectivity index is 0.00000162. The molecule has 5 heteroatoms. The number of imidazole rings is 1. The molecule has 0 atom stereocenters. The van der Waals surface area contributed by atoms with E-state index in [9.17, 15) is 13.6 Å². The number of carbonyl (C=O) groups excluding carboxylic acids is 1. The Hall–Kier alpha value is -2.22. The molecule has 0 spiro atoms. The summed E-state index contributed by atoms with van der Waals surface area (Å²) < 4.78 is 27.2. The monoisotopic (exact) mass is 236 g/mol. The SMILES string of the molecule is Cc1cn2cc(C#CC=O)cc(C(F)F)c2n1.[HH]. The molecular formula is C12H10F2N2O. The van der Waals surface area contributed by atoms with E-state index in [1.165, 1.54) is 10.5 Å². The van der Waals surface area contributed by atoms with Crippen LogP contribution in [0, 0.1) is 18.8 Å². The first-order valence-electron chi connectivity index (χ1n) is 4.84. The number of nitrogens with zero attached hydrogens (tertiary/aromatic N) is 2. The van der Waals surface area contributed by atoms with Crippen LogP contribution in [0.1, 0.15) is 24.7 Å². The third-order valence-electron chi connectivity index (χ3n) is 2.21. The largest absolute Gasteiger partial charge is 0.305 e. The number of hydrogen-bond donors (Lipinski definition) is 0. The molecule has 3 nitrogen and oxygen atoms in total. The highest BCUT2D eigenvalue weighted by Gasteiger charge is 2.15. The molecule has 0 saturated carbocycles. The van der Waals surface area contributed by atoms with Crippen LogP contribution >= 0.6 is 0 Å². The molecule has 0 saturated heterocycles. The highest BCUT2D eigenvalue weighted by Crippen LogP contribution is 2.24. The Morgan fingerprint density at radius 2 is 2.29 bits per heavy atom. The highest BCUT2D eigenvalue weighted by molar-refractivity contribution is 5.74. The number of pyridine rings is 1. The van der Waals surface area contributed by atoms with Crippen molar-refractivity contribution in [2.24, 2.45) is 0 Å². The van der Waals surface area contributed by atoms with Crippen LogP contribution in [0.3, 0.4) is 0 Å². The number of halogens is 2. The first kappa shape index (κ1) is 11.3. The summed E-state index contributed by atoms with van der Waals surface area (Å²) in [6.07, 6.45) is 0.994. The van der Waals surface area contributed by atoms with Crippen LogP contribution in [0.5, 0.6) is 0 Å². The molecule has 0 N–H and O–H groups in total. The van der Waals surface area contributed by atoms with Crippen molar-refractivity contribution in [3.05, 3.63) is 35.3 Å². The minimum absolute atomic E-state index is 0. The lowest BCUT2D eigenvalue weighted by Gasteiger charge is -2.03. The molecule has 2 aromatic rings. The van der Waals surface area contributed by atoms with Gasteiger partial charge in [0.1, 0.15) is 5.65 Å². The Bertz CT molecular complexity index is 641. The second kappa shape index (κ2) is 4.34. The maximum atomic E-state index is 12.8. The summed E-state index contributed by atoms with van der Waals surface area (Å²) in [4.78, 5) is 14.1. The molecule has 0 unspecified atom stereocenters. The van der Waals surface area contributed by atoms with Gasteiger partial charge >= 0.3 is 0 Å². The zero-order valence-corrected chi connectivity index (χ0v) is 8.95. The second-order valence-corrected chi connectivity index (χ2v) is 3.49. The minimum atomic E-state index is -2.63. The summed E-state index contributed by atoms with van der Waals surface area (Å²) in [5.74, 6) is 4.68. The highest BCUT2D eigenvalue weighted by atomic mass is 19.3. The Morgan fingerprint density at radius 1 is 1.53 bits per heavy atom. The maximum Gasteiger partial charge on any atom is 0.267 e. The van der Waals surface area contributed by atoms with Crippen molar-refractivity contribution in [3.8, 4) is 11.8 Å². The molecular weight excluding hydrogens is 226 g/mol. The predicted molar refractivity (Wildman–Crippen MR) is 59.9 cm³/mol. The molecule has 0 fully saturated rings. The van der Waals surface area contributed by atoms with Crippen LogP contribution in [-0.4, -0.2) is 15.7 Å². The molecule has 0 aliphatic heterocycles. The van der Waals surface area contributed by atoms with Gasteiger partial charge in [0.2, 0.25) is 0 Å². The van der Waals surface area contributed by atoms with Crippen molar-refractivity contribution >= 4 is 11.9 Å². The van der Waals surface area contributed by atoms with E-state index in [-0.39, 0.29) is 12.6 Å². The van der Waals surface area contributed by atoms with Gasteiger partial charge in [-0.3, -0.25) is 4.79 Å². The van der Waals surface area contributed by atoms with Crippen molar-refractivity contribution in [2.45, 2.75) is 13.3 Å².